The number of hydrogen-bond acceptors (Lipinski definition) is 2. The predicted molar refractivity (Wildman–Crippen MR) is 66.2 cm³/mol. The van der Waals surface area contributed by atoms with Crippen molar-refractivity contribution in [2.75, 3.05) is 20.3 Å². The fourth-order valence-corrected chi connectivity index (χ4v) is 2.04. The molecule has 0 aromatic heterocycles. The fraction of sp³-hybridized carbons (Fsp3) is 0.455. The maximum atomic E-state index is 11.9. The van der Waals surface area contributed by atoms with E-state index >= 15 is 0 Å². The van der Waals surface area contributed by atoms with Crippen molar-refractivity contribution < 1.29 is 22.6 Å². The van der Waals surface area contributed by atoms with E-state index in [1.54, 1.807) is 18.2 Å². The van der Waals surface area contributed by atoms with E-state index in [0.717, 1.165) is 0 Å². The first kappa shape index (κ1) is 15.6. The third-order valence-electron chi connectivity index (χ3n) is 2.07. The van der Waals surface area contributed by atoms with Crippen molar-refractivity contribution >= 4 is 27.5 Å². The monoisotopic (exact) mass is 346 g/mol. The molecule has 2 nitrogen and oxygen atoms in total. The normalized spacial score (nSPS) is 13.4. The minimum Gasteiger partial charge on any atom is -0.496 e. The highest BCUT2D eigenvalue weighted by atomic mass is 79.9. The summed E-state index contributed by atoms with van der Waals surface area (Å²) in [4.78, 5) is 0. The van der Waals surface area contributed by atoms with Crippen LogP contribution in [0.15, 0.2) is 22.7 Å². The number of rotatable bonds is 5. The first-order valence-corrected chi connectivity index (χ1v) is 6.18. The average molecular weight is 348 g/mol. The largest absolute Gasteiger partial charge is 0.496 e. The van der Waals surface area contributed by atoms with Crippen LogP contribution >= 0.6 is 27.5 Å². The molecule has 102 valence electrons. The molecule has 18 heavy (non-hydrogen) atoms. The molecule has 0 amide bonds. The van der Waals surface area contributed by atoms with Crippen LogP contribution in [-0.4, -0.2) is 26.5 Å². The van der Waals surface area contributed by atoms with Crippen molar-refractivity contribution in [2.24, 2.45) is 0 Å². The Labute approximate surface area is 116 Å². The van der Waals surface area contributed by atoms with Crippen LogP contribution in [0.4, 0.5) is 13.2 Å². The second-order valence-corrected chi connectivity index (χ2v) is 4.87. The van der Waals surface area contributed by atoms with Crippen LogP contribution in [-0.2, 0) is 4.74 Å². The van der Waals surface area contributed by atoms with E-state index in [1.165, 1.54) is 7.11 Å². The number of ether oxygens (including phenoxy) is 2. The van der Waals surface area contributed by atoms with Crippen LogP contribution in [0.25, 0.3) is 0 Å². The molecule has 0 radical (unpaired) electrons. The molecule has 1 atom stereocenters. The molecular weight excluding hydrogens is 336 g/mol. The lowest BCUT2D eigenvalue weighted by atomic mass is 10.1. The molecule has 1 rings (SSSR count). The number of methoxy groups -OCH3 is 1. The van der Waals surface area contributed by atoms with Gasteiger partial charge in [0, 0.05) is 0 Å². The average Bonchev–Trinajstić information content (AvgIpc) is 2.27. The van der Waals surface area contributed by atoms with Crippen molar-refractivity contribution in [1.82, 2.24) is 0 Å². The van der Waals surface area contributed by atoms with Crippen LogP contribution in [0.2, 0.25) is 0 Å². The van der Waals surface area contributed by atoms with Gasteiger partial charge in [0.1, 0.15) is 12.4 Å². The minimum absolute atomic E-state index is 0.208. The van der Waals surface area contributed by atoms with Crippen molar-refractivity contribution in [3.05, 3.63) is 28.2 Å². The zero-order valence-corrected chi connectivity index (χ0v) is 11.8. The summed E-state index contributed by atoms with van der Waals surface area (Å²) < 4.78 is 45.9. The molecule has 7 heteroatoms. The van der Waals surface area contributed by atoms with E-state index in [2.05, 4.69) is 20.7 Å². The maximum Gasteiger partial charge on any atom is 0.411 e. The zero-order chi connectivity index (χ0) is 13.8. The lowest BCUT2D eigenvalue weighted by Gasteiger charge is -2.13. The van der Waals surface area contributed by atoms with Gasteiger partial charge in [0.2, 0.25) is 0 Å². The lowest BCUT2D eigenvalue weighted by molar-refractivity contribution is -0.173. The summed E-state index contributed by atoms with van der Waals surface area (Å²) in [6.45, 7) is -1.51. The number of alkyl halides is 4. The Kier molecular flexibility index (Phi) is 5.75. The van der Waals surface area contributed by atoms with E-state index in [0.29, 0.717) is 15.8 Å². The third kappa shape index (κ3) is 5.04. The van der Waals surface area contributed by atoms with Crippen LogP contribution < -0.4 is 4.74 Å². The highest BCUT2D eigenvalue weighted by Gasteiger charge is 2.27. The molecule has 0 bridgehead atoms. The van der Waals surface area contributed by atoms with Gasteiger partial charge in [0.15, 0.2) is 0 Å². The molecule has 0 saturated carbocycles. The van der Waals surface area contributed by atoms with Gasteiger partial charge in [-0.05, 0) is 33.6 Å². The Morgan fingerprint density at radius 1 is 1.39 bits per heavy atom. The summed E-state index contributed by atoms with van der Waals surface area (Å²) in [5.74, 6) is 0.624. The van der Waals surface area contributed by atoms with Crippen LogP contribution in [0.1, 0.15) is 10.9 Å². The summed E-state index contributed by atoms with van der Waals surface area (Å²) >= 11 is 9.22. The van der Waals surface area contributed by atoms with E-state index in [4.69, 9.17) is 16.3 Å². The van der Waals surface area contributed by atoms with E-state index < -0.39 is 18.2 Å². The van der Waals surface area contributed by atoms with Gasteiger partial charge in [-0.15, -0.1) is 11.6 Å². The zero-order valence-electron chi connectivity index (χ0n) is 9.43. The predicted octanol–water partition coefficient (Wildman–Crippen LogP) is 4.32. The molecule has 0 N–H and O–H groups in total. The lowest BCUT2D eigenvalue weighted by Crippen LogP contribution is -2.18. The van der Waals surface area contributed by atoms with Crippen LogP contribution in [0.5, 0.6) is 5.75 Å². The molecular formula is C11H11BrClF3O2. The molecule has 0 spiro atoms. The van der Waals surface area contributed by atoms with Gasteiger partial charge >= 0.3 is 6.18 Å². The van der Waals surface area contributed by atoms with Crippen molar-refractivity contribution in [3.8, 4) is 5.75 Å². The van der Waals surface area contributed by atoms with Crippen LogP contribution in [0.3, 0.4) is 0 Å². The number of halogens is 5. The van der Waals surface area contributed by atoms with Gasteiger partial charge in [-0.2, -0.15) is 13.2 Å². The van der Waals surface area contributed by atoms with Crippen molar-refractivity contribution in [2.45, 2.75) is 11.6 Å². The standard InChI is InChI=1S/C11H11BrClF3O2/c1-17-10-3-2-7(4-8(10)12)9(13)5-18-6-11(14,15)16/h2-4,9H,5-6H2,1H3. The van der Waals surface area contributed by atoms with Crippen LogP contribution in [0, 0.1) is 0 Å². The molecule has 0 saturated heterocycles. The van der Waals surface area contributed by atoms with Crippen molar-refractivity contribution in [1.29, 1.82) is 0 Å². The summed E-state index contributed by atoms with van der Waals surface area (Å²) in [6, 6.07) is 5.05. The van der Waals surface area contributed by atoms with Gasteiger partial charge in [0.25, 0.3) is 0 Å². The van der Waals surface area contributed by atoms with E-state index in [9.17, 15) is 13.2 Å². The topological polar surface area (TPSA) is 18.5 Å². The molecule has 1 unspecified atom stereocenters. The van der Waals surface area contributed by atoms with Gasteiger partial charge in [-0.25, -0.2) is 0 Å². The molecule has 0 aliphatic carbocycles. The first-order chi connectivity index (χ1) is 8.33. The van der Waals surface area contributed by atoms with Gasteiger partial charge in [-0.1, -0.05) is 6.07 Å². The second-order valence-electron chi connectivity index (χ2n) is 3.49. The van der Waals surface area contributed by atoms with Gasteiger partial charge in [0.05, 0.1) is 23.6 Å². The Hall–Kier alpha value is -0.460. The Morgan fingerprint density at radius 2 is 2.06 bits per heavy atom. The molecule has 0 aliphatic heterocycles. The van der Waals surface area contributed by atoms with Gasteiger partial charge < -0.3 is 9.47 Å². The molecule has 0 fully saturated rings. The Balaban J connectivity index is 2.56. The van der Waals surface area contributed by atoms with Gasteiger partial charge in [-0.3, -0.25) is 0 Å². The quantitative estimate of drug-likeness (QED) is 0.739. The smallest absolute Gasteiger partial charge is 0.411 e. The molecule has 0 aliphatic rings. The van der Waals surface area contributed by atoms with E-state index in [-0.39, 0.29) is 6.61 Å². The molecule has 0 heterocycles. The Bertz CT molecular complexity index is 398. The highest BCUT2D eigenvalue weighted by Crippen LogP contribution is 2.30. The molecule has 1 aromatic carbocycles. The third-order valence-corrected chi connectivity index (χ3v) is 3.07. The highest BCUT2D eigenvalue weighted by molar-refractivity contribution is 9.10. The first-order valence-electron chi connectivity index (χ1n) is 4.95. The summed E-state index contributed by atoms with van der Waals surface area (Å²) in [7, 11) is 1.52. The SMILES string of the molecule is COc1ccc(C(Cl)COCC(F)(F)F)cc1Br. The fourth-order valence-electron chi connectivity index (χ4n) is 1.25. The Morgan fingerprint density at radius 3 is 2.56 bits per heavy atom. The minimum atomic E-state index is -4.34. The van der Waals surface area contributed by atoms with Crippen molar-refractivity contribution in [3.63, 3.8) is 0 Å². The summed E-state index contributed by atoms with van der Waals surface area (Å²) in [5.41, 5.74) is 0.659. The maximum absolute atomic E-state index is 11.9. The molecule has 1 aromatic rings. The number of hydrogen-bond donors (Lipinski definition) is 0. The summed E-state index contributed by atoms with van der Waals surface area (Å²) in [6.07, 6.45) is -4.34. The second kappa shape index (κ2) is 6.63. The van der Waals surface area contributed by atoms with E-state index in [1.807, 2.05) is 0 Å². The summed E-state index contributed by atoms with van der Waals surface area (Å²) in [5, 5.41) is -0.644. The number of benzene rings is 1.